The number of carbonyl (C=O) groups is 1. The second-order valence-electron chi connectivity index (χ2n) is 0.519. The second kappa shape index (κ2) is 25.5. The fraction of sp³-hybridized carbons (Fsp3) is 0.500. The summed E-state index contributed by atoms with van der Waals surface area (Å²) < 4.78 is 0. The molecule has 0 unspecified atom stereocenters. The van der Waals surface area contributed by atoms with Crippen molar-refractivity contribution in [2.45, 2.75) is 6.92 Å². The summed E-state index contributed by atoms with van der Waals surface area (Å²) in [5, 5.41) is 7.42. The van der Waals surface area contributed by atoms with Crippen LogP contribution in [0.25, 0.3) is 0 Å². The Morgan fingerprint density at radius 3 is 1.12 bits per heavy atom. The van der Waals surface area contributed by atoms with Crippen LogP contribution in [-0.4, -0.2) is 11.1 Å². The number of carboxylic acids is 1. The van der Waals surface area contributed by atoms with Gasteiger partial charge >= 0.3 is 0 Å². The molecule has 0 saturated carbocycles. The van der Waals surface area contributed by atoms with E-state index in [1.165, 1.54) is 0 Å². The molecule has 0 aromatic carbocycles. The van der Waals surface area contributed by atoms with Crippen molar-refractivity contribution < 1.29 is 9.90 Å². The molecule has 0 bridgehead atoms. The van der Waals surface area contributed by atoms with E-state index < -0.39 is 5.97 Å². The molecule has 0 rings (SSSR count). The van der Waals surface area contributed by atoms with E-state index in [0.29, 0.717) is 0 Å². The predicted molar refractivity (Wildman–Crippen MR) is 42.3 cm³/mol. The molecule has 0 aromatic rings. The molecule has 56 valence electrons. The molecular weight excluding hydrogens is 198 g/mol. The summed E-state index contributed by atoms with van der Waals surface area (Å²) in [6.07, 6.45) is 0. The first-order valence-corrected chi connectivity index (χ1v) is 0.928. The van der Waals surface area contributed by atoms with Gasteiger partial charge in [-0.05, 0) is 0 Å². The van der Waals surface area contributed by atoms with E-state index in [1.54, 1.807) is 0 Å². The summed E-state index contributed by atoms with van der Waals surface area (Å²) in [6.45, 7) is 1.08. The van der Waals surface area contributed by atoms with Crippen LogP contribution in [0, 0.1) is 0 Å². The topological polar surface area (TPSA) is 37.3 Å². The van der Waals surface area contributed by atoms with Crippen LogP contribution in [0.1, 0.15) is 6.92 Å². The lowest BCUT2D eigenvalue weighted by Gasteiger charge is -1.59. The van der Waals surface area contributed by atoms with Crippen molar-refractivity contribution >= 4 is 55.6 Å². The fourth-order valence-electron chi connectivity index (χ4n) is 0. The third-order valence-electron chi connectivity index (χ3n) is 0. The highest BCUT2D eigenvalue weighted by Crippen LogP contribution is 1.42. The van der Waals surface area contributed by atoms with Gasteiger partial charge in [0, 0.05) is 6.92 Å². The molecule has 0 heterocycles. The van der Waals surface area contributed by atoms with Crippen molar-refractivity contribution in [2.75, 3.05) is 0 Å². The Balaban J connectivity index is -0.00000000750. The Morgan fingerprint density at radius 1 is 1.12 bits per heavy atom. The van der Waals surface area contributed by atoms with Crippen molar-refractivity contribution in [3.8, 4) is 0 Å². The van der Waals surface area contributed by atoms with Crippen molar-refractivity contribution in [3.63, 3.8) is 0 Å². The third-order valence-corrected chi connectivity index (χ3v) is 0. The molecule has 0 spiro atoms. The summed E-state index contributed by atoms with van der Waals surface area (Å²) in [7, 11) is 0. The Morgan fingerprint density at radius 2 is 1.12 bits per heavy atom. The minimum Gasteiger partial charge on any atom is -0.481 e. The average molecular weight is 206 g/mol. The summed E-state index contributed by atoms with van der Waals surface area (Å²) in [5.74, 6) is -0.833. The second-order valence-corrected chi connectivity index (χ2v) is 0.519. The molecule has 0 fully saturated rings. The van der Waals surface area contributed by atoms with Crippen LogP contribution in [0.2, 0.25) is 0 Å². The van der Waals surface area contributed by atoms with Gasteiger partial charge in [-0.15, -0.1) is 49.6 Å². The maximum atomic E-state index is 9.00. The zero-order valence-corrected chi connectivity index (χ0v) is 7.25. The summed E-state index contributed by atoms with van der Waals surface area (Å²) in [4.78, 5) is 9.00. The van der Waals surface area contributed by atoms with Crippen molar-refractivity contribution in [2.24, 2.45) is 0 Å². The van der Waals surface area contributed by atoms with E-state index in [2.05, 4.69) is 0 Å². The Kier molecular flexibility index (Phi) is 121. The SMILES string of the molecule is CC(=O)O.Cl.Cl.Cl.Cl. The quantitative estimate of drug-likeness (QED) is 0.655. The molecule has 0 amide bonds. The van der Waals surface area contributed by atoms with Gasteiger partial charge in [0.25, 0.3) is 5.97 Å². The molecular formula is C2H8Cl4O2. The zero-order chi connectivity index (χ0) is 3.58. The first-order valence-electron chi connectivity index (χ1n) is 0.928. The van der Waals surface area contributed by atoms with Gasteiger partial charge in [0.2, 0.25) is 0 Å². The number of carboxylic acid groups (broad SMARTS) is 1. The van der Waals surface area contributed by atoms with Crippen LogP contribution < -0.4 is 0 Å². The van der Waals surface area contributed by atoms with Gasteiger partial charge < -0.3 is 5.11 Å². The molecule has 0 atom stereocenters. The standard InChI is InChI=1S/C2H4O2.4ClH/c1-2(3)4;;;;/h1H3,(H,3,4);4*1H. The molecule has 6 heteroatoms. The van der Waals surface area contributed by atoms with E-state index in [9.17, 15) is 0 Å². The molecule has 0 aliphatic rings. The summed E-state index contributed by atoms with van der Waals surface area (Å²) in [6, 6.07) is 0. The Labute approximate surface area is 72.7 Å². The summed E-state index contributed by atoms with van der Waals surface area (Å²) >= 11 is 0. The molecule has 0 aliphatic heterocycles. The Hall–Kier alpha value is 0.630. The van der Waals surface area contributed by atoms with Crippen molar-refractivity contribution in [3.05, 3.63) is 0 Å². The van der Waals surface area contributed by atoms with Crippen LogP contribution in [0.5, 0.6) is 0 Å². The van der Waals surface area contributed by atoms with Crippen LogP contribution in [0.4, 0.5) is 0 Å². The number of aliphatic carboxylic acids is 1. The number of hydrogen-bond acceptors (Lipinski definition) is 1. The lowest BCUT2D eigenvalue weighted by atomic mass is 10.9. The number of hydrogen-bond donors (Lipinski definition) is 1. The van der Waals surface area contributed by atoms with Crippen LogP contribution >= 0.6 is 49.6 Å². The van der Waals surface area contributed by atoms with E-state index in [-0.39, 0.29) is 49.6 Å². The van der Waals surface area contributed by atoms with E-state index >= 15 is 0 Å². The predicted octanol–water partition coefficient (Wildman–Crippen LogP) is 1.78. The van der Waals surface area contributed by atoms with Gasteiger partial charge in [-0.1, -0.05) is 0 Å². The molecule has 8 heavy (non-hydrogen) atoms. The maximum absolute atomic E-state index is 9.00. The van der Waals surface area contributed by atoms with Gasteiger partial charge in [0.05, 0.1) is 0 Å². The van der Waals surface area contributed by atoms with Crippen LogP contribution in [0.15, 0.2) is 0 Å². The molecule has 1 N–H and O–H groups in total. The third kappa shape index (κ3) is 529. The summed E-state index contributed by atoms with van der Waals surface area (Å²) in [5.41, 5.74) is 0. The molecule has 2 nitrogen and oxygen atoms in total. The molecule has 0 aromatic heterocycles. The number of rotatable bonds is 0. The molecule has 0 saturated heterocycles. The lowest BCUT2D eigenvalue weighted by molar-refractivity contribution is -0.134. The fourth-order valence-corrected chi connectivity index (χ4v) is 0. The van der Waals surface area contributed by atoms with E-state index in [0.717, 1.165) is 6.92 Å². The highest BCUT2D eigenvalue weighted by Gasteiger charge is 1.65. The number of halogens is 4. The highest BCUT2D eigenvalue weighted by molar-refractivity contribution is 5.86. The average Bonchev–Trinajstić information content (AvgIpc) is 0.811. The monoisotopic (exact) mass is 204 g/mol. The molecule has 0 aliphatic carbocycles. The first kappa shape index (κ1) is 38.1. The maximum Gasteiger partial charge on any atom is 0.300 e. The normalized spacial score (nSPS) is 3.12. The van der Waals surface area contributed by atoms with Crippen LogP contribution in [0.3, 0.4) is 0 Å². The minimum absolute atomic E-state index is 0. The van der Waals surface area contributed by atoms with E-state index in [1.807, 2.05) is 0 Å². The van der Waals surface area contributed by atoms with Crippen molar-refractivity contribution in [1.82, 2.24) is 0 Å². The first-order chi connectivity index (χ1) is 1.73. The Bertz CT molecular complexity index is 35.0. The molecule has 0 radical (unpaired) electrons. The van der Waals surface area contributed by atoms with Gasteiger partial charge in [0.15, 0.2) is 0 Å². The van der Waals surface area contributed by atoms with Crippen LogP contribution in [-0.2, 0) is 4.79 Å². The largest absolute Gasteiger partial charge is 0.481 e. The lowest BCUT2D eigenvalue weighted by Crippen LogP contribution is -1.78. The van der Waals surface area contributed by atoms with Crippen molar-refractivity contribution in [1.29, 1.82) is 0 Å². The zero-order valence-electron chi connectivity index (χ0n) is 3.99. The van der Waals surface area contributed by atoms with E-state index in [4.69, 9.17) is 9.90 Å². The smallest absolute Gasteiger partial charge is 0.300 e. The highest BCUT2D eigenvalue weighted by atomic mass is 35.5. The minimum atomic E-state index is -0.833. The van der Waals surface area contributed by atoms with Gasteiger partial charge in [-0.2, -0.15) is 0 Å². The van der Waals surface area contributed by atoms with Gasteiger partial charge in [-0.3, -0.25) is 4.79 Å². The van der Waals surface area contributed by atoms with Gasteiger partial charge in [-0.25, -0.2) is 0 Å². The van der Waals surface area contributed by atoms with Gasteiger partial charge in [0.1, 0.15) is 0 Å².